The predicted molar refractivity (Wildman–Crippen MR) is 134 cm³/mol. The van der Waals surface area contributed by atoms with Crippen molar-refractivity contribution in [3.8, 4) is 11.5 Å². The van der Waals surface area contributed by atoms with Crippen LogP contribution in [0.1, 0.15) is 38.6 Å². The van der Waals surface area contributed by atoms with Crippen molar-refractivity contribution in [3.63, 3.8) is 0 Å². The van der Waals surface area contributed by atoms with Crippen molar-refractivity contribution in [1.82, 2.24) is 25.7 Å². The third-order valence-electron chi connectivity index (χ3n) is 5.35. The zero-order valence-electron chi connectivity index (χ0n) is 19.0. The summed E-state index contributed by atoms with van der Waals surface area (Å²) in [6.07, 6.45) is 1.82. The number of nitrogens with zero attached hydrogens (tertiary/aromatic N) is 4. The summed E-state index contributed by atoms with van der Waals surface area (Å²) in [6, 6.07) is 8.14. The van der Waals surface area contributed by atoms with E-state index < -0.39 is 0 Å². The Kier molecular flexibility index (Phi) is 10.2. The molecule has 31 heavy (non-hydrogen) atoms. The van der Waals surface area contributed by atoms with E-state index in [4.69, 9.17) is 9.26 Å². The van der Waals surface area contributed by atoms with E-state index in [1.54, 1.807) is 7.05 Å². The molecule has 1 aromatic heterocycles. The summed E-state index contributed by atoms with van der Waals surface area (Å²) in [5.41, 5.74) is 2.08. The zero-order valence-corrected chi connectivity index (χ0v) is 21.3. The number of aryl methyl sites for hydroxylation is 1. The van der Waals surface area contributed by atoms with Crippen LogP contribution in [0.4, 0.5) is 0 Å². The van der Waals surface area contributed by atoms with E-state index in [0.717, 1.165) is 68.6 Å². The van der Waals surface area contributed by atoms with Gasteiger partial charge in [-0.05, 0) is 38.0 Å². The van der Waals surface area contributed by atoms with E-state index in [0.29, 0.717) is 12.4 Å². The van der Waals surface area contributed by atoms with Crippen LogP contribution in [0.2, 0.25) is 0 Å². The number of guanidine groups is 1. The first-order valence-electron chi connectivity index (χ1n) is 10.7. The molecule has 0 atom stereocenters. The molecule has 2 heterocycles. The first-order chi connectivity index (χ1) is 14.5. The Balaban J connectivity index is 0.00000341. The van der Waals surface area contributed by atoms with Crippen LogP contribution in [0.25, 0.3) is 11.5 Å². The Hall–Kier alpha value is -1.72. The van der Waals surface area contributed by atoms with E-state index in [1.807, 2.05) is 12.1 Å². The van der Waals surface area contributed by atoms with Gasteiger partial charge >= 0.3 is 0 Å². The SMILES string of the molecule is CCCc1noc(-c2cccc(CNC(=NC)NCC(C)(C)N3CCOCC3)c2)n1.I. The molecule has 1 aromatic carbocycles. The molecular weight excluding hydrogens is 507 g/mol. The van der Waals surface area contributed by atoms with Crippen LogP contribution in [0, 0.1) is 0 Å². The molecule has 2 N–H and O–H groups in total. The Labute approximate surface area is 202 Å². The monoisotopic (exact) mass is 542 g/mol. The number of hydrogen-bond donors (Lipinski definition) is 2. The number of aromatic nitrogens is 2. The fourth-order valence-corrected chi connectivity index (χ4v) is 3.50. The molecular formula is C22H35IN6O2. The van der Waals surface area contributed by atoms with Crippen molar-refractivity contribution in [2.45, 2.75) is 45.7 Å². The van der Waals surface area contributed by atoms with Crippen LogP contribution in [0.3, 0.4) is 0 Å². The van der Waals surface area contributed by atoms with Gasteiger partial charge in [0.2, 0.25) is 0 Å². The number of hydrogen-bond acceptors (Lipinski definition) is 6. The second-order valence-corrected chi connectivity index (χ2v) is 8.16. The highest BCUT2D eigenvalue weighted by Crippen LogP contribution is 2.19. The smallest absolute Gasteiger partial charge is 0.257 e. The summed E-state index contributed by atoms with van der Waals surface area (Å²) in [6.45, 7) is 11.6. The number of nitrogens with one attached hydrogen (secondary N) is 2. The summed E-state index contributed by atoms with van der Waals surface area (Å²) >= 11 is 0. The van der Waals surface area contributed by atoms with Crippen molar-refractivity contribution in [3.05, 3.63) is 35.7 Å². The third kappa shape index (κ3) is 7.43. The number of morpholine rings is 1. The Morgan fingerprint density at radius 2 is 2.00 bits per heavy atom. The summed E-state index contributed by atoms with van der Waals surface area (Å²) in [5.74, 6) is 2.10. The maximum Gasteiger partial charge on any atom is 0.257 e. The average molecular weight is 542 g/mol. The minimum atomic E-state index is 0. The number of halogens is 1. The highest BCUT2D eigenvalue weighted by Gasteiger charge is 2.28. The van der Waals surface area contributed by atoms with Crippen LogP contribution in [-0.4, -0.2) is 66.4 Å². The van der Waals surface area contributed by atoms with Gasteiger partial charge in [-0.1, -0.05) is 24.2 Å². The van der Waals surface area contributed by atoms with Crippen molar-refractivity contribution in [2.24, 2.45) is 4.99 Å². The van der Waals surface area contributed by atoms with Gasteiger partial charge in [0.1, 0.15) is 0 Å². The second kappa shape index (κ2) is 12.4. The number of aliphatic imine (C=N–C) groups is 1. The van der Waals surface area contributed by atoms with Crippen molar-refractivity contribution in [1.29, 1.82) is 0 Å². The van der Waals surface area contributed by atoms with E-state index >= 15 is 0 Å². The maximum atomic E-state index is 5.47. The molecule has 0 spiro atoms. The number of benzene rings is 1. The lowest BCUT2D eigenvalue weighted by molar-refractivity contribution is -0.00834. The number of rotatable bonds is 8. The standard InChI is InChI=1S/C22H34N6O2.HI/c1-5-7-19-26-20(30-27-19)18-9-6-8-17(14-18)15-24-21(23-4)25-16-22(2,3)28-10-12-29-13-11-28;/h6,8-9,14H,5,7,10-13,15-16H2,1-4H3,(H2,23,24,25);1H. The van der Waals surface area contributed by atoms with Crippen LogP contribution in [0.5, 0.6) is 0 Å². The zero-order chi connectivity index (χ0) is 21.4. The normalized spacial score (nSPS) is 15.4. The predicted octanol–water partition coefficient (Wildman–Crippen LogP) is 3.08. The first-order valence-corrected chi connectivity index (χ1v) is 10.7. The molecule has 1 aliphatic heterocycles. The van der Waals surface area contributed by atoms with Crippen molar-refractivity contribution in [2.75, 3.05) is 39.9 Å². The van der Waals surface area contributed by atoms with Gasteiger partial charge in [-0.15, -0.1) is 24.0 Å². The quantitative estimate of drug-likeness (QED) is 0.301. The molecule has 0 saturated carbocycles. The van der Waals surface area contributed by atoms with Crippen LogP contribution < -0.4 is 10.6 Å². The summed E-state index contributed by atoms with van der Waals surface area (Å²) in [5, 5.41) is 10.9. The molecule has 3 rings (SSSR count). The molecule has 0 unspecified atom stereocenters. The molecule has 172 valence electrons. The second-order valence-electron chi connectivity index (χ2n) is 8.16. The Bertz CT molecular complexity index is 833. The van der Waals surface area contributed by atoms with Gasteiger partial charge in [-0.25, -0.2) is 0 Å². The van der Waals surface area contributed by atoms with E-state index in [1.165, 1.54) is 0 Å². The molecule has 0 aliphatic carbocycles. The van der Waals surface area contributed by atoms with Crippen LogP contribution in [-0.2, 0) is 17.7 Å². The van der Waals surface area contributed by atoms with Gasteiger partial charge in [0.05, 0.1) is 13.2 Å². The molecule has 0 bridgehead atoms. The number of ether oxygens (including phenoxy) is 1. The van der Waals surface area contributed by atoms with Gasteiger partial charge < -0.3 is 19.9 Å². The lowest BCUT2D eigenvalue weighted by atomic mass is 10.0. The molecule has 0 amide bonds. The van der Waals surface area contributed by atoms with Crippen LogP contribution in [0.15, 0.2) is 33.8 Å². The molecule has 9 heteroatoms. The lowest BCUT2D eigenvalue weighted by Crippen LogP contribution is -2.56. The summed E-state index contributed by atoms with van der Waals surface area (Å²) in [7, 11) is 1.79. The van der Waals surface area contributed by atoms with Gasteiger partial charge in [0.15, 0.2) is 11.8 Å². The Morgan fingerprint density at radius 3 is 2.71 bits per heavy atom. The Morgan fingerprint density at radius 1 is 1.23 bits per heavy atom. The summed E-state index contributed by atoms with van der Waals surface area (Å²) < 4.78 is 10.9. The highest BCUT2D eigenvalue weighted by molar-refractivity contribution is 14.0. The average Bonchev–Trinajstić information content (AvgIpc) is 3.24. The molecule has 2 aromatic rings. The molecule has 0 radical (unpaired) electrons. The van der Waals surface area contributed by atoms with Gasteiger partial charge in [0.25, 0.3) is 5.89 Å². The van der Waals surface area contributed by atoms with Crippen molar-refractivity contribution >= 4 is 29.9 Å². The lowest BCUT2D eigenvalue weighted by Gasteiger charge is -2.41. The van der Waals surface area contributed by atoms with E-state index in [9.17, 15) is 0 Å². The highest BCUT2D eigenvalue weighted by atomic mass is 127. The minimum absolute atomic E-state index is 0. The maximum absolute atomic E-state index is 5.47. The topological polar surface area (TPSA) is 87.8 Å². The van der Waals surface area contributed by atoms with Gasteiger partial charge in [-0.2, -0.15) is 4.98 Å². The first kappa shape index (κ1) is 25.5. The molecule has 1 fully saturated rings. The molecule has 1 aliphatic rings. The fraction of sp³-hybridized carbons (Fsp3) is 0.591. The van der Waals surface area contributed by atoms with Crippen LogP contribution >= 0.6 is 24.0 Å². The fourth-order valence-electron chi connectivity index (χ4n) is 3.50. The minimum Gasteiger partial charge on any atom is -0.379 e. The summed E-state index contributed by atoms with van der Waals surface area (Å²) in [4.78, 5) is 11.3. The van der Waals surface area contributed by atoms with E-state index in [2.05, 4.69) is 63.6 Å². The van der Waals surface area contributed by atoms with Crippen molar-refractivity contribution < 1.29 is 9.26 Å². The van der Waals surface area contributed by atoms with E-state index in [-0.39, 0.29) is 29.5 Å². The van der Waals surface area contributed by atoms with Gasteiger partial charge in [-0.3, -0.25) is 9.89 Å². The third-order valence-corrected chi connectivity index (χ3v) is 5.35. The molecule has 8 nitrogen and oxygen atoms in total. The van der Waals surface area contributed by atoms with Gasteiger partial charge in [0, 0.05) is 50.7 Å². The molecule has 1 saturated heterocycles. The largest absolute Gasteiger partial charge is 0.379 e.